The first-order valence-corrected chi connectivity index (χ1v) is 6.51. The highest BCUT2D eigenvalue weighted by Crippen LogP contribution is 2.18. The molecule has 5 nitrogen and oxygen atoms in total. The predicted molar refractivity (Wildman–Crippen MR) is 73.0 cm³/mol. The average Bonchev–Trinajstić information content (AvgIpc) is 2.41. The molecule has 0 aliphatic carbocycles. The maximum atomic E-state index is 12.1. The summed E-state index contributed by atoms with van der Waals surface area (Å²) in [5, 5.41) is 12.5. The van der Waals surface area contributed by atoms with Crippen molar-refractivity contribution >= 4 is 11.7 Å². The van der Waals surface area contributed by atoms with E-state index in [1.165, 1.54) is 0 Å². The molecule has 1 saturated heterocycles. The molecular formula is C14H20N2O3. The molecule has 2 amide bonds. The molecule has 1 heterocycles. The van der Waals surface area contributed by atoms with Crippen LogP contribution in [-0.4, -0.2) is 42.3 Å². The van der Waals surface area contributed by atoms with E-state index in [-0.39, 0.29) is 6.03 Å². The lowest BCUT2D eigenvalue weighted by molar-refractivity contribution is 0.0883. The quantitative estimate of drug-likeness (QED) is 0.875. The van der Waals surface area contributed by atoms with Crippen LogP contribution in [0.4, 0.5) is 10.5 Å². The number of aliphatic hydroxyl groups is 1. The standard InChI is InChI=1S/C14H20N2O3/c1-19-10-11-5-2-3-7-13(11)15-14(18)16-8-4-6-12(17)9-16/h2-3,5,7,12,17H,4,6,8-10H2,1H3,(H,15,18)/t12-/m0/s1. The van der Waals surface area contributed by atoms with E-state index in [0.717, 1.165) is 24.1 Å². The second kappa shape index (κ2) is 6.54. The Labute approximate surface area is 113 Å². The van der Waals surface area contributed by atoms with Gasteiger partial charge in [0.2, 0.25) is 0 Å². The van der Waals surface area contributed by atoms with Gasteiger partial charge in [0, 0.05) is 31.5 Å². The number of piperidine rings is 1. The molecule has 19 heavy (non-hydrogen) atoms. The fourth-order valence-corrected chi connectivity index (χ4v) is 2.26. The molecule has 0 radical (unpaired) electrons. The van der Waals surface area contributed by atoms with E-state index in [4.69, 9.17) is 4.74 Å². The van der Waals surface area contributed by atoms with E-state index in [2.05, 4.69) is 5.32 Å². The van der Waals surface area contributed by atoms with E-state index in [9.17, 15) is 9.90 Å². The molecule has 1 fully saturated rings. The summed E-state index contributed by atoms with van der Waals surface area (Å²) in [6.07, 6.45) is 1.20. The lowest BCUT2D eigenvalue weighted by Gasteiger charge is -2.30. The van der Waals surface area contributed by atoms with Gasteiger partial charge in [0.05, 0.1) is 12.7 Å². The zero-order valence-electron chi connectivity index (χ0n) is 11.1. The van der Waals surface area contributed by atoms with Gasteiger partial charge in [-0.15, -0.1) is 0 Å². The number of rotatable bonds is 3. The first-order valence-electron chi connectivity index (χ1n) is 6.51. The molecule has 2 N–H and O–H groups in total. The maximum Gasteiger partial charge on any atom is 0.321 e. The molecule has 5 heteroatoms. The Morgan fingerprint density at radius 2 is 2.32 bits per heavy atom. The number of amides is 2. The summed E-state index contributed by atoms with van der Waals surface area (Å²) in [7, 11) is 1.62. The summed E-state index contributed by atoms with van der Waals surface area (Å²) in [5.41, 5.74) is 1.70. The Balaban J connectivity index is 2.02. The fraction of sp³-hybridized carbons (Fsp3) is 0.500. The van der Waals surface area contributed by atoms with Gasteiger partial charge in [-0.2, -0.15) is 0 Å². The Morgan fingerprint density at radius 3 is 3.05 bits per heavy atom. The number of para-hydroxylation sites is 1. The van der Waals surface area contributed by atoms with Crippen LogP contribution in [0.5, 0.6) is 0 Å². The highest BCUT2D eigenvalue weighted by atomic mass is 16.5. The van der Waals surface area contributed by atoms with Crippen LogP contribution in [0.2, 0.25) is 0 Å². The summed E-state index contributed by atoms with van der Waals surface area (Å²) in [6.45, 7) is 1.55. The number of urea groups is 1. The Morgan fingerprint density at radius 1 is 1.53 bits per heavy atom. The van der Waals surface area contributed by atoms with Crippen LogP contribution in [0.1, 0.15) is 18.4 Å². The van der Waals surface area contributed by atoms with E-state index >= 15 is 0 Å². The molecule has 2 rings (SSSR count). The van der Waals surface area contributed by atoms with Crippen LogP contribution >= 0.6 is 0 Å². The molecule has 1 aromatic rings. The molecule has 0 saturated carbocycles. The van der Waals surface area contributed by atoms with E-state index in [0.29, 0.717) is 19.7 Å². The van der Waals surface area contributed by atoms with Crippen molar-refractivity contribution in [2.45, 2.75) is 25.6 Å². The number of likely N-dealkylation sites (tertiary alicyclic amines) is 1. The number of benzene rings is 1. The summed E-state index contributed by atoms with van der Waals surface area (Å²) < 4.78 is 5.11. The number of hydrogen-bond donors (Lipinski definition) is 2. The number of carbonyl (C=O) groups is 1. The molecule has 0 spiro atoms. The van der Waals surface area contributed by atoms with Crippen molar-refractivity contribution in [3.63, 3.8) is 0 Å². The Kier molecular flexibility index (Phi) is 4.76. The normalized spacial score (nSPS) is 19.3. The largest absolute Gasteiger partial charge is 0.391 e. The summed E-state index contributed by atoms with van der Waals surface area (Å²) in [4.78, 5) is 13.8. The zero-order chi connectivity index (χ0) is 13.7. The number of β-amino-alcohol motifs (C(OH)–C–C–N with tert-alkyl or cyclic N) is 1. The number of carbonyl (C=O) groups excluding carboxylic acids is 1. The molecule has 1 atom stereocenters. The SMILES string of the molecule is COCc1ccccc1NC(=O)N1CCC[C@H](O)C1. The van der Waals surface area contributed by atoms with Gasteiger partial charge in [-0.3, -0.25) is 0 Å². The van der Waals surface area contributed by atoms with E-state index in [1.54, 1.807) is 12.0 Å². The van der Waals surface area contributed by atoms with Gasteiger partial charge in [-0.05, 0) is 18.9 Å². The number of aliphatic hydroxyl groups excluding tert-OH is 1. The minimum atomic E-state index is -0.409. The number of methoxy groups -OCH3 is 1. The first kappa shape index (κ1) is 13.8. The first-order chi connectivity index (χ1) is 9.20. The van der Waals surface area contributed by atoms with Crippen molar-refractivity contribution in [2.75, 3.05) is 25.5 Å². The zero-order valence-corrected chi connectivity index (χ0v) is 11.1. The smallest absolute Gasteiger partial charge is 0.321 e. The van der Waals surface area contributed by atoms with Crippen LogP contribution in [0.15, 0.2) is 24.3 Å². The maximum absolute atomic E-state index is 12.1. The van der Waals surface area contributed by atoms with Gasteiger partial charge in [0.1, 0.15) is 0 Å². The lowest BCUT2D eigenvalue weighted by atomic mass is 10.1. The minimum absolute atomic E-state index is 0.165. The van der Waals surface area contributed by atoms with Crippen molar-refractivity contribution in [1.82, 2.24) is 4.90 Å². The van der Waals surface area contributed by atoms with Crippen LogP contribution in [0.25, 0.3) is 0 Å². The minimum Gasteiger partial charge on any atom is -0.391 e. The third-order valence-corrected chi connectivity index (χ3v) is 3.24. The van der Waals surface area contributed by atoms with Crippen LogP contribution in [0, 0.1) is 0 Å². The summed E-state index contributed by atoms with van der Waals surface area (Å²) in [5.74, 6) is 0. The molecule has 1 aliphatic rings. The molecule has 104 valence electrons. The topological polar surface area (TPSA) is 61.8 Å². The number of ether oxygens (including phenoxy) is 1. The van der Waals surface area contributed by atoms with Crippen molar-refractivity contribution in [1.29, 1.82) is 0 Å². The number of nitrogens with zero attached hydrogens (tertiary/aromatic N) is 1. The van der Waals surface area contributed by atoms with Gasteiger partial charge in [-0.25, -0.2) is 4.79 Å². The van der Waals surface area contributed by atoms with Gasteiger partial charge >= 0.3 is 6.03 Å². The molecule has 1 aromatic carbocycles. The van der Waals surface area contributed by atoms with Crippen LogP contribution in [0.3, 0.4) is 0 Å². The van der Waals surface area contributed by atoms with Gasteiger partial charge in [0.25, 0.3) is 0 Å². The number of anilines is 1. The number of hydrogen-bond acceptors (Lipinski definition) is 3. The highest BCUT2D eigenvalue weighted by Gasteiger charge is 2.22. The molecule has 0 bridgehead atoms. The van der Waals surface area contributed by atoms with E-state index in [1.807, 2.05) is 24.3 Å². The van der Waals surface area contributed by atoms with Crippen molar-refractivity contribution in [2.24, 2.45) is 0 Å². The third kappa shape index (κ3) is 3.68. The van der Waals surface area contributed by atoms with Gasteiger partial charge in [-0.1, -0.05) is 18.2 Å². The highest BCUT2D eigenvalue weighted by molar-refractivity contribution is 5.90. The average molecular weight is 264 g/mol. The van der Waals surface area contributed by atoms with E-state index < -0.39 is 6.10 Å². The summed E-state index contributed by atoms with van der Waals surface area (Å²) in [6, 6.07) is 7.40. The predicted octanol–water partition coefficient (Wildman–Crippen LogP) is 1.82. The van der Waals surface area contributed by atoms with Crippen molar-refractivity contribution in [3.05, 3.63) is 29.8 Å². The Hall–Kier alpha value is -1.59. The second-order valence-electron chi connectivity index (χ2n) is 4.76. The molecule has 0 aromatic heterocycles. The molecule has 1 aliphatic heterocycles. The van der Waals surface area contributed by atoms with Crippen molar-refractivity contribution < 1.29 is 14.6 Å². The van der Waals surface area contributed by atoms with Gasteiger partial charge in [0.15, 0.2) is 0 Å². The molecular weight excluding hydrogens is 244 g/mol. The Bertz CT molecular complexity index is 436. The third-order valence-electron chi connectivity index (χ3n) is 3.24. The monoisotopic (exact) mass is 264 g/mol. The van der Waals surface area contributed by atoms with Gasteiger partial charge < -0.3 is 20.1 Å². The lowest BCUT2D eigenvalue weighted by Crippen LogP contribution is -2.44. The summed E-state index contributed by atoms with van der Waals surface area (Å²) >= 11 is 0. The molecule has 0 unspecified atom stereocenters. The van der Waals surface area contributed by atoms with Crippen LogP contribution in [-0.2, 0) is 11.3 Å². The van der Waals surface area contributed by atoms with Crippen LogP contribution < -0.4 is 5.32 Å². The fourth-order valence-electron chi connectivity index (χ4n) is 2.26. The second-order valence-corrected chi connectivity index (χ2v) is 4.76. The van der Waals surface area contributed by atoms with Crippen molar-refractivity contribution in [3.8, 4) is 0 Å². The number of nitrogens with one attached hydrogen (secondary N) is 1.